The summed E-state index contributed by atoms with van der Waals surface area (Å²) in [6.45, 7) is 5.14. The number of methoxy groups -OCH3 is 1. The van der Waals surface area contributed by atoms with E-state index in [0.717, 1.165) is 5.57 Å². The van der Waals surface area contributed by atoms with Gasteiger partial charge >= 0.3 is 5.97 Å². The van der Waals surface area contributed by atoms with E-state index < -0.39 is 0 Å². The van der Waals surface area contributed by atoms with Crippen LogP contribution in [-0.2, 0) is 14.3 Å². The second-order valence-corrected chi connectivity index (χ2v) is 3.60. The molecule has 0 aromatic heterocycles. The average molecular weight is 196 g/mol. The molecular formula is C11H16O3. The maximum atomic E-state index is 11.1. The summed E-state index contributed by atoms with van der Waals surface area (Å²) in [5, 5.41) is 0. The van der Waals surface area contributed by atoms with Crippen molar-refractivity contribution in [1.82, 2.24) is 0 Å². The van der Waals surface area contributed by atoms with Crippen LogP contribution in [0, 0.1) is 5.41 Å². The molecule has 0 saturated carbocycles. The Hall–Kier alpha value is -1.09. The molecule has 0 amide bonds. The Bertz CT molecular complexity index is 278. The fourth-order valence-electron chi connectivity index (χ4n) is 1.56. The van der Waals surface area contributed by atoms with Crippen LogP contribution in [0.1, 0.15) is 13.8 Å². The molecule has 3 heteroatoms. The Morgan fingerprint density at radius 1 is 1.64 bits per heavy atom. The van der Waals surface area contributed by atoms with E-state index in [2.05, 4.69) is 17.7 Å². The van der Waals surface area contributed by atoms with Crippen molar-refractivity contribution in [2.75, 3.05) is 20.3 Å². The average Bonchev–Trinajstić information content (AvgIpc) is 2.48. The first kappa shape index (κ1) is 11.0. The molecule has 1 unspecified atom stereocenters. The monoisotopic (exact) mass is 196 g/mol. The molecule has 0 aliphatic carbocycles. The van der Waals surface area contributed by atoms with Gasteiger partial charge in [-0.2, -0.15) is 0 Å². The number of rotatable bonds is 2. The Balaban J connectivity index is 2.87. The zero-order valence-electron chi connectivity index (χ0n) is 8.87. The lowest BCUT2D eigenvalue weighted by molar-refractivity contribution is -0.134. The van der Waals surface area contributed by atoms with Crippen LogP contribution in [-0.4, -0.2) is 26.3 Å². The fourth-order valence-corrected chi connectivity index (χ4v) is 1.56. The first-order valence-electron chi connectivity index (χ1n) is 4.63. The molecule has 14 heavy (non-hydrogen) atoms. The second-order valence-electron chi connectivity index (χ2n) is 3.60. The molecule has 0 bridgehead atoms. The SMILES string of the molecule is C/C=C/C1(C)COC/C1=C\C(=O)OC. The summed E-state index contributed by atoms with van der Waals surface area (Å²) in [7, 11) is 1.38. The number of hydrogen-bond acceptors (Lipinski definition) is 3. The highest BCUT2D eigenvalue weighted by atomic mass is 16.5. The van der Waals surface area contributed by atoms with Gasteiger partial charge in [-0.3, -0.25) is 0 Å². The molecule has 3 nitrogen and oxygen atoms in total. The van der Waals surface area contributed by atoms with Gasteiger partial charge in [0.05, 0.1) is 20.3 Å². The molecular weight excluding hydrogens is 180 g/mol. The van der Waals surface area contributed by atoms with Gasteiger partial charge in [0.1, 0.15) is 0 Å². The molecule has 0 spiro atoms. The molecule has 1 heterocycles. The highest BCUT2D eigenvalue weighted by Gasteiger charge is 2.32. The summed E-state index contributed by atoms with van der Waals surface area (Å²) < 4.78 is 9.93. The lowest BCUT2D eigenvalue weighted by atomic mass is 9.84. The number of carbonyl (C=O) groups is 1. The Morgan fingerprint density at radius 3 is 2.93 bits per heavy atom. The summed E-state index contributed by atoms with van der Waals surface area (Å²) in [4.78, 5) is 11.1. The van der Waals surface area contributed by atoms with Crippen molar-refractivity contribution in [3.05, 3.63) is 23.8 Å². The first-order valence-corrected chi connectivity index (χ1v) is 4.63. The van der Waals surface area contributed by atoms with Crippen LogP contribution in [0.4, 0.5) is 0 Å². The summed E-state index contributed by atoms with van der Waals surface area (Å²) in [6.07, 6.45) is 5.54. The van der Waals surface area contributed by atoms with Crippen LogP contribution >= 0.6 is 0 Å². The van der Waals surface area contributed by atoms with Crippen molar-refractivity contribution < 1.29 is 14.3 Å². The van der Waals surface area contributed by atoms with Gasteiger partial charge in [0, 0.05) is 11.5 Å². The van der Waals surface area contributed by atoms with E-state index in [9.17, 15) is 4.79 Å². The van der Waals surface area contributed by atoms with Crippen LogP contribution < -0.4 is 0 Å². The van der Waals surface area contributed by atoms with E-state index in [1.54, 1.807) is 0 Å². The zero-order valence-corrected chi connectivity index (χ0v) is 8.87. The summed E-state index contributed by atoms with van der Waals surface area (Å²) >= 11 is 0. The van der Waals surface area contributed by atoms with E-state index in [0.29, 0.717) is 13.2 Å². The molecule has 0 N–H and O–H groups in total. The summed E-state index contributed by atoms with van der Waals surface area (Å²) in [6, 6.07) is 0. The van der Waals surface area contributed by atoms with Crippen LogP contribution in [0.15, 0.2) is 23.8 Å². The lowest BCUT2D eigenvalue weighted by Crippen LogP contribution is -2.16. The first-order chi connectivity index (χ1) is 6.62. The molecule has 1 aliphatic heterocycles. The Morgan fingerprint density at radius 2 is 2.36 bits per heavy atom. The largest absolute Gasteiger partial charge is 0.466 e. The molecule has 1 fully saturated rings. The number of carbonyl (C=O) groups excluding carboxylic acids is 1. The minimum atomic E-state index is -0.318. The van der Waals surface area contributed by atoms with Gasteiger partial charge in [-0.25, -0.2) is 4.79 Å². The van der Waals surface area contributed by atoms with E-state index in [-0.39, 0.29) is 11.4 Å². The minimum Gasteiger partial charge on any atom is -0.466 e. The summed E-state index contributed by atoms with van der Waals surface area (Å²) in [5.74, 6) is -0.318. The van der Waals surface area contributed by atoms with Gasteiger partial charge in [0.15, 0.2) is 0 Å². The molecule has 1 rings (SSSR count). The van der Waals surface area contributed by atoms with E-state index in [1.165, 1.54) is 13.2 Å². The summed E-state index contributed by atoms with van der Waals surface area (Å²) in [5.41, 5.74) is 0.825. The van der Waals surface area contributed by atoms with Crippen LogP contribution in [0.2, 0.25) is 0 Å². The van der Waals surface area contributed by atoms with Gasteiger partial charge in [0.2, 0.25) is 0 Å². The molecule has 0 radical (unpaired) electrons. The number of hydrogen-bond donors (Lipinski definition) is 0. The second kappa shape index (κ2) is 4.42. The van der Waals surface area contributed by atoms with Crippen molar-refractivity contribution in [3.8, 4) is 0 Å². The molecule has 0 aromatic rings. The van der Waals surface area contributed by atoms with E-state index >= 15 is 0 Å². The van der Waals surface area contributed by atoms with Crippen LogP contribution in [0.3, 0.4) is 0 Å². The predicted octanol–water partition coefficient (Wildman–Crippen LogP) is 1.70. The maximum absolute atomic E-state index is 11.1. The van der Waals surface area contributed by atoms with Gasteiger partial charge < -0.3 is 9.47 Å². The van der Waals surface area contributed by atoms with E-state index in [4.69, 9.17) is 4.74 Å². The third-order valence-electron chi connectivity index (χ3n) is 2.42. The zero-order chi connectivity index (χ0) is 10.6. The van der Waals surface area contributed by atoms with Gasteiger partial charge in [0.25, 0.3) is 0 Å². The predicted molar refractivity (Wildman–Crippen MR) is 53.8 cm³/mol. The van der Waals surface area contributed by atoms with E-state index in [1.807, 2.05) is 13.0 Å². The highest BCUT2D eigenvalue weighted by molar-refractivity contribution is 5.83. The van der Waals surface area contributed by atoms with Crippen molar-refractivity contribution in [2.24, 2.45) is 5.41 Å². The third kappa shape index (κ3) is 2.23. The van der Waals surface area contributed by atoms with Gasteiger partial charge in [-0.1, -0.05) is 12.2 Å². The van der Waals surface area contributed by atoms with Crippen molar-refractivity contribution >= 4 is 5.97 Å². The van der Waals surface area contributed by atoms with Crippen molar-refractivity contribution in [2.45, 2.75) is 13.8 Å². The number of ether oxygens (including phenoxy) is 2. The Kier molecular flexibility index (Phi) is 3.47. The Labute approximate surface area is 84.4 Å². The van der Waals surface area contributed by atoms with Crippen molar-refractivity contribution in [1.29, 1.82) is 0 Å². The maximum Gasteiger partial charge on any atom is 0.330 e. The van der Waals surface area contributed by atoms with Crippen molar-refractivity contribution in [3.63, 3.8) is 0 Å². The third-order valence-corrected chi connectivity index (χ3v) is 2.42. The minimum absolute atomic E-state index is 0.150. The number of esters is 1. The molecule has 0 aromatic carbocycles. The smallest absolute Gasteiger partial charge is 0.330 e. The van der Waals surface area contributed by atoms with Gasteiger partial charge in [-0.15, -0.1) is 0 Å². The molecule has 1 atom stereocenters. The molecule has 1 aliphatic rings. The number of allylic oxidation sites excluding steroid dienone is 1. The quantitative estimate of drug-likeness (QED) is 0.383. The standard InChI is InChI=1S/C11H16O3/c1-4-5-11(2)8-14-7-9(11)6-10(12)13-3/h4-6H,7-8H2,1-3H3/b5-4+,9-6+. The van der Waals surface area contributed by atoms with Crippen LogP contribution in [0.5, 0.6) is 0 Å². The van der Waals surface area contributed by atoms with Crippen LogP contribution in [0.25, 0.3) is 0 Å². The van der Waals surface area contributed by atoms with Gasteiger partial charge in [-0.05, 0) is 19.4 Å². The lowest BCUT2D eigenvalue weighted by Gasteiger charge is -2.18. The molecule has 78 valence electrons. The topological polar surface area (TPSA) is 35.5 Å². The fraction of sp³-hybridized carbons (Fsp3) is 0.545. The highest BCUT2D eigenvalue weighted by Crippen LogP contribution is 2.34. The normalized spacial score (nSPS) is 30.1. The molecule has 1 saturated heterocycles.